The molecule has 0 atom stereocenters. The Morgan fingerprint density at radius 1 is 0.304 bits per heavy atom. The minimum atomic E-state index is -1.91. The van der Waals surface area contributed by atoms with Crippen LogP contribution in [0.25, 0.3) is 61.7 Å². The zero-order valence-corrected chi connectivity index (χ0v) is 31.3. The number of hydrogen-bond donors (Lipinski definition) is 0. The van der Waals surface area contributed by atoms with Crippen molar-refractivity contribution in [3.05, 3.63) is 218 Å². The van der Waals surface area contributed by atoms with Crippen LogP contribution in [-0.2, 0) is 0 Å². The molecule has 0 N–H and O–H groups in total. The van der Waals surface area contributed by atoms with Gasteiger partial charge in [-0.3, -0.25) is 0 Å². The van der Waals surface area contributed by atoms with Crippen LogP contribution >= 0.6 is 10.0 Å². The summed E-state index contributed by atoms with van der Waals surface area (Å²) in [5.41, 5.74) is 6.15. The van der Waals surface area contributed by atoms with Crippen LogP contribution in [0.2, 0.25) is 0 Å². The second kappa shape index (κ2) is 14.3. The highest BCUT2D eigenvalue weighted by Gasteiger charge is 2.33. The number of benzene rings is 8. The maximum atomic E-state index is 5.27. The molecule has 266 valence electrons. The Balaban J connectivity index is 1.18. The molecule has 10 rings (SSSR count). The number of hydrogen-bond acceptors (Lipinski definition) is 3. The van der Waals surface area contributed by atoms with Gasteiger partial charge in [0.25, 0.3) is 0 Å². The third-order valence-corrected chi connectivity index (χ3v) is 14.2. The fraction of sp³-hybridized carbons (Fsp3) is 0. The predicted octanol–water partition coefficient (Wildman–Crippen LogP) is 13.3. The Morgan fingerprint density at radius 2 is 0.679 bits per heavy atom. The molecule has 0 unspecified atom stereocenters. The lowest BCUT2D eigenvalue weighted by Crippen LogP contribution is -2.06. The first-order valence-electron chi connectivity index (χ1n) is 18.8. The van der Waals surface area contributed by atoms with E-state index >= 15 is 0 Å². The molecule has 0 bridgehead atoms. The van der Waals surface area contributed by atoms with Crippen molar-refractivity contribution in [1.29, 1.82) is 0 Å². The Labute approximate surface area is 327 Å². The number of fused-ring (bicyclic) bond motifs is 3. The van der Waals surface area contributed by atoms with Gasteiger partial charge < -0.3 is 4.57 Å². The zero-order valence-electron chi connectivity index (χ0n) is 30.5. The summed E-state index contributed by atoms with van der Waals surface area (Å²) < 4.78 is 2.33. The van der Waals surface area contributed by atoms with E-state index < -0.39 is 10.0 Å². The quantitative estimate of drug-likeness (QED) is 0.156. The first-order chi connectivity index (χ1) is 27.8. The topological polar surface area (TPSA) is 43.6 Å². The van der Waals surface area contributed by atoms with E-state index in [1.54, 1.807) is 0 Å². The summed E-state index contributed by atoms with van der Waals surface area (Å²) in [5, 5.41) is 2.45. The molecule has 0 aliphatic rings. The molecule has 0 saturated heterocycles. The van der Waals surface area contributed by atoms with E-state index in [0.717, 1.165) is 33.4 Å². The predicted molar refractivity (Wildman–Crippen MR) is 230 cm³/mol. The van der Waals surface area contributed by atoms with Gasteiger partial charge >= 0.3 is 0 Å². The van der Waals surface area contributed by atoms with E-state index in [9.17, 15) is 0 Å². The normalized spacial score (nSPS) is 11.9. The van der Waals surface area contributed by atoms with Crippen molar-refractivity contribution < 1.29 is 0 Å². The Morgan fingerprint density at radius 3 is 1.20 bits per heavy atom. The maximum Gasteiger partial charge on any atom is 0.164 e. The summed E-state index contributed by atoms with van der Waals surface area (Å²) in [7, 11) is -1.91. The fourth-order valence-electron chi connectivity index (χ4n) is 7.85. The summed E-state index contributed by atoms with van der Waals surface area (Å²) >= 11 is 0. The minimum Gasteiger partial charge on any atom is -0.309 e. The van der Waals surface area contributed by atoms with Crippen LogP contribution in [0.15, 0.2) is 238 Å². The van der Waals surface area contributed by atoms with Crippen LogP contribution in [0.4, 0.5) is 0 Å². The van der Waals surface area contributed by atoms with Gasteiger partial charge in [-0.05, 0) is 72.8 Å². The van der Waals surface area contributed by atoms with E-state index in [-0.39, 0.29) is 0 Å². The number of para-hydroxylation sites is 2. The van der Waals surface area contributed by atoms with Gasteiger partial charge in [0.15, 0.2) is 17.5 Å². The summed E-state index contributed by atoms with van der Waals surface area (Å²) in [5.74, 6) is 1.88. The highest BCUT2D eigenvalue weighted by molar-refractivity contribution is 8.34. The SMILES string of the molecule is c1ccc(-c2nc(-c3cccc(-n4c5ccccc5c5ccccc54)c3)nc(-c3cccc(S(c4ccccc4)(c4ccccc4)c4ccccc4)c3)n2)cc1. The molecule has 56 heavy (non-hydrogen) atoms. The molecule has 0 amide bonds. The van der Waals surface area contributed by atoms with Gasteiger partial charge in [0.1, 0.15) is 0 Å². The lowest BCUT2D eigenvalue weighted by atomic mass is 10.1. The van der Waals surface area contributed by atoms with Crippen LogP contribution in [0, 0.1) is 0 Å². The maximum absolute atomic E-state index is 5.27. The molecule has 8 aromatic carbocycles. The van der Waals surface area contributed by atoms with E-state index in [4.69, 9.17) is 15.0 Å². The smallest absolute Gasteiger partial charge is 0.164 e. The van der Waals surface area contributed by atoms with Gasteiger partial charge in [-0.1, -0.05) is 146 Å². The Bertz CT molecular complexity index is 2810. The third-order valence-electron chi connectivity index (χ3n) is 10.3. The Hall–Kier alpha value is -7.08. The summed E-state index contributed by atoms with van der Waals surface area (Å²) in [6.45, 7) is 0. The van der Waals surface area contributed by atoms with Gasteiger partial charge in [-0.15, -0.1) is 10.0 Å². The van der Waals surface area contributed by atoms with Crippen LogP contribution in [0.5, 0.6) is 0 Å². The molecule has 0 spiro atoms. The molecule has 0 aliphatic heterocycles. The lowest BCUT2D eigenvalue weighted by molar-refractivity contribution is 1.07. The standard InChI is InChI=1S/C51H36N4S/c1-5-19-37(20-6-1)49-52-50(38-21-17-23-40(35-38)55-47-33-15-13-31-45(47)46-32-14-16-34-48(46)55)54-51(53-49)39-22-18-30-44(36-39)56(41-24-7-2-8-25-41,42-26-9-3-10-27-42)43-28-11-4-12-29-43/h1-36H. The van der Waals surface area contributed by atoms with Gasteiger partial charge in [-0.25, -0.2) is 15.0 Å². The monoisotopic (exact) mass is 736 g/mol. The average molecular weight is 737 g/mol. The molecule has 0 radical (unpaired) electrons. The van der Waals surface area contributed by atoms with E-state index in [1.165, 1.54) is 30.4 Å². The first-order valence-corrected chi connectivity index (χ1v) is 20.4. The van der Waals surface area contributed by atoms with Crippen LogP contribution in [0.3, 0.4) is 0 Å². The molecule has 2 heterocycles. The van der Waals surface area contributed by atoms with Crippen molar-refractivity contribution in [2.24, 2.45) is 0 Å². The largest absolute Gasteiger partial charge is 0.309 e. The van der Waals surface area contributed by atoms with Crippen molar-refractivity contribution in [2.75, 3.05) is 0 Å². The van der Waals surface area contributed by atoms with Crippen LogP contribution in [-0.4, -0.2) is 19.5 Å². The summed E-state index contributed by atoms with van der Waals surface area (Å²) in [6, 6.07) is 77.5. The van der Waals surface area contributed by atoms with E-state index in [0.29, 0.717) is 17.5 Å². The van der Waals surface area contributed by atoms with Crippen molar-refractivity contribution in [1.82, 2.24) is 19.5 Å². The minimum absolute atomic E-state index is 0.620. The van der Waals surface area contributed by atoms with Gasteiger partial charge in [0.2, 0.25) is 0 Å². The molecule has 0 fully saturated rings. The van der Waals surface area contributed by atoms with Crippen molar-refractivity contribution in [3.63, 3.8) is 0 Å². The highest BCUT2D eigenvalue weighted by Crippen LogP contribution is 2.73. The molecule has 0 saturated carbocycles. The van der Waals surface area contributed by atoms with Crippen molar-refractivity contribution in [2.45, 2.75) is 19.6 Å². The molecule has 0 aliphatic carbocycles. The van der Waals surface area contributed by atoms with Crippen molar-refractivity contribution >= 4 is 31.8 Å². The van der Waals surface area contributed by atoms with Crippen LogP contribution < -0.4 is 0 Å². The zero-order chi connectivity index (χ0) is 37.3. The van der Waals surface area contributed by atoms with E-state index in [1.807, 2.05) is 18.2 Å². The lowest BCUT2D eigenvalue weighted by Gasteiger charge is -2.42. The Kier molecular flexibility index (Phi) is 8.55. The molecular formula is C51H36N4S. The first kappa shape index (κ1) is 33.5. The molecular weight excluding hydrogens is 701 g/mol. The second-order valence-electron chi connectivity index (χ2n) is 13.7. The van der Waals surface area contributed by atoms with Gasteiger partial charge in [0, 0.05) is 52.7 Å². The molecule has 10 aromatic rings. The van der Waals surface area contributed by atoms with Crippen molar-refractivity contribution in [3.8, 4) is 39.9 Å². The highest BCUT2D eigenvalue weighted by atomic mass is 32.3. The third kappa shape index (κ3) is 5.77. The second-order valence-corrected chi connectivity index (χ2v) is 16.8. The molecule has 2 aromatic heterocycles. The molecule has 5 heteroatoms. The number of rotatable bonds is 8. The number of aromatic nitrogens is 4. The van der Waals surface area contributed by atoms with Crippen LogP contribution in [0.1, 0.15) is 0 Å². The summed E-state index contributed by atoms with van der Waals surface area (Å²) in [6.07, 6.45) is 0. The van der Waals surface area contributed by atoms with Gasteiger partial charge in [-0.2, -0.15) is 0 Å². The van der Waals surface area contributed by atoms with E-state index in [2.05, 4.69) is 205 Å². The molecule has 4 nitrogen and oxygen atoms in total. The summed E-state index contributed by atoms with van der Waals surface area (Å²) in [4.78, 5) is 20.6. The number of nitrogens with zero attached hydrogens (tertiary/aromatic N) is 4. The average Bonchev–Trinajstić information content (AvgIpc) is 3.63. The van der Waals surface area contributed by atoms with Gasteiger partial charge in [0.05, 0.1) is 11.0 Å². The fourth-order valence-corrected chi connectivity index (χ4v) is 11.8.